The summed E-state index contributed by atoms with van der Waals surface area (Å²) in [7, 11) is 1.64. The summed E-state index contributed by atoms with van der Waals surface area (Å²) in [5.74, 6) is 0.802. The van der Waals surface area contributed by atoms with Crippen molar-refractivity contribution in [2.45, 2.75) is 13.3 Å². The molecule has 0 aliphatic rings. The van der Waals surface area contributed by atoms with Gasteiger partial charge in [-0.05, 0) is 18.6 Å². The number of oxime groups is 1. The standard InChI is InChI=1S/C11H15NO2/c1-3-8-14-12-9-10-6-4-5-7-11(10)13-2/h4-7,9H,3,8H2,1-2H3. The van der Waals surface area contributed by atoms with Crippen molar-refractivity contribution in [1.82, 2.24) is 0 Å². The predicted molar refractivity (Wildman–Crippen MR) is 56.8 cm³/mol. The highest BCUT2D eigenvalue weighted by atomic mass is 16.6. The molecular formula is C11H15NO2. The summed E-state index contributed by atoms with van der Waals surface area (Å²) in [5, 5.41) is 3.83. The number of nitrogens with zero attached hydrogens (tertiary/aromatic N) is 1. The van der Waals surface area contributed by atoms with E-state index in [2.05, 4.69) is 5.16 Å². The Morgan fingerprint density at radius 1 is 1.36 bits per heavy atom. The fraction of sp³-hybridized carbons (Fsp3) is 0.364. The molecule has 0 bridgehead atoms. The monoisotopic (exact) mass is 193 g/mol. The van der Waals surface area contributed by atoms with E-state index in [1.165, 1.54) is 0 Å². The average Bonchev–Trinajstić information content (AvgIpc) is 2.25. The van der Waals surface area contributed by atoms with Crippen LogP contribution >= 0.6 is 0 Å². The molecule has 0 atom stereocenters. The first kappa shape index (κ1) is 10.6. The van der Waals surface area contributed by atoms with Crippen molar-refractivity contribution in [3.8, 4) is 5.75 Å². The van der Waals surface area contributed by atoms with Crippen molar-refractivity contribution in [2.24, 2.45) is 5.16 Å². The lowest BCUT2D eigenvalue weighted by Gasteiger charge is -2.02. The van der Waals surface area contributed by atoms with Crippen LogP contribution < -0.4 is 4.74 Å². The lowest BCUT2D eigenvalue weighted by Crippen LogP contribution is -1.91. The van der Waals surface area contributed by atoms with Gasteiger partial charge >= 0.3 is 0 Å². The minimum Gasteiger partial charge on any atom is -0.496 e. The van der Waals surface area contributed by atoms with Gasteiger partial charge in [0.15, 0.2) is 0 Å². The van der Waals surface area contributed by atoms with Crippen LogP contribution in [0.2, 0.25) is 0 Å². The van der Waals surface area contributed by atoms with E-state index in [0.29, 0.717) is 6.61 Å². The van der Waals surface area contributed by atoms with E-state index in [-0.39, 0.29) is 0 Å². The maximum Gasteiger partial charge on any atom is 0.127 e. The molecule has 0 spiro atoms. The highest BCUT2D eigenvalue weighted by Gasteiger charge is 1.96. The number of ether oxygens (including phenoxy) is 1. The van der Waals surface area contributed by atoms with Gasteiger partial charge < -0.3 is 9.57 Å². The molecule has 0 saturated heterocycles. The lowest BCUT2D eigenvalue weighted by atomic mass is 10.2. The number of benzene rings is 1. The molecule has 0 fully saturated rings. The molecule has 0 radical (unpaired) electrons. The molecule has 0 amide bonds. The van der Waals surface area contributed by atoms with Gasteiger partial charge in [0, 0.05) is 5.56 Å². The predicted octanol–water partition coefficient (Wildman–Crippen LogP) is 2.46. The van der Waals surface area contributed by atoms with Crippen molar-refractivity contribution in [1.29, 1.82) is 0 Å². The SMILES string of the molecule is CCCON=Cc1ccccc1OC. The Kier molecular flexibility index (Phi) is 4.55. The lowest BCUT2D eigenvalue weighted by molar-refractivity contribution is 0.146. The van der Waals surface area contributed by atoms with Gasteiger partial charge in [0.1, 0.15) is 12.4 Å². The smallest absolute Gasteiger partial charge is 0.127 e. The Bertz CT molecular complexity index is 297. The zero-order valence-corrected chi connectivity index (χ0v) is 8.56. The number of methoxy groups -OCH3 is 1. The summed E-state index contributed by atoms with van der Waals surface area (Å²) >= 11 is 0. The Hall–Kier alpha value is -1.51. The van der Waals surface area contributed by atoms with Gasteiger partial charge in [-0.1, -0.05) is 24.2 Å². The fourth-order valence-corrected chi connectivity index (χ4v) is 1.01. The van der Waals surface area contributed by atoms with E-state index in [9.17, 15) is 0 Å². The summed E-state index contributed by atoms with van der Waals surface area (Å²) in [5.41, 5.74) is 0.922. The molecule has 3 nitrogen and oxygen atoms in total. The van der Waals surface area contributed by atoms with E-state index in [0.717, 1.165) is 17.7 Å². The normalized spacial score (nSPS) is 10.4. The maximum atomic E-state index is 5.16. The number of hydrogen-bond donors (Lipinski definition) is 0. The number of hydrogen-bond acceptors (Lipinski definition) is 3. The van der Waals surface area contributed by atoms with Crippen molar-refractivity contribution in [2.75, 3.05) is 13.7 Å². The summed E-state index contributed by atoms with van der Waals surface area (Å²) < 4.78 is 5.16. The maximum absolute atomic E-state index is 5.16. The molecule has 14 heavy (non-hydrogen) atoms. The summed E-state index contributed by atoms with van der Waals surface area (Å²) in [4.78, 5) is 5.00. The molecule has 76 valence electrons. The Labute approximate surface area is 84.3 Å². The van der Waals surface area contributed by atoms with E-state index in [1.54, 1.807) is 13.3 Å². The highest BCUT2D eigenvalue weighted by molar-refractivity contribution is 5.82. The van der Waals surface area contributed by atoms with Gasteiger partial charge in [0.2, 0.25) is 0 Å². The van der Waals surface area contributed by atoms with Crippen molar-refractivity contribution < 1.29 is 9.57 Å². The van der Waals surface area contributed by atoms with Crippen molar-refractivity contribution >= 4 is 6.21 Å². The molecule has 0 aromatic heterocycles. The molecule has 0 unspecified atom stereocenters. The Morgan fingerprint density at radius 3 is 2.86 bits per heavy atom. The fourth-order valence-electron chi connectivity index (χ4n) is 1.01. The Balaban J connectivity index is 2.61. The van der Waals surface area contributed by atoms with Crippen LogP contribution in [-0.4, -0.2) is 19.9 Å². The molecule has 0 N–H and O–H groups in total. The van der Waals surface area contributed by atoms with Gasteiger partial charge in [0.25, 0.3) is 0 Å². The first-order valence-electron chi connectivity index (χ1n) is 4.66. The zero-order valence-electron chi connectivity index (χ0n) is 8.56. The van der Waals surface area contributed by atoms with Crippen molar-refractivity contribution in [3.05, 3.63) is 29.8 Å². The van der Waals surface area contributed by atoms with Gasteiger partial charge in [-0.3, -0.25) is 0 Å². The van der Waals surface area contributed by atoms with Gasteiger partial charge in [-0.2, -0.15) is 0 Å². The molecule has 1 aromatic rings. The van der Waals surface area contributed by atoms with Crippen LogP contribution in [0, 0.1) is 0 Å². The summed E-state index contributed by atoms with van der Waals surface area (Å²) in [6.45, 7) is 2.68. The van der Waals surface area contributed by atoms with E-state index < -0.39 is 0 Å². The van der Waals surface area contributed by atoms with E-state index in [1.807, 2.05) is 31.2 Å². The van der Waals surface area contributed by atoms with Gasteiger partial charge in [0.05, 0.1) is 13.3 Å². The second-order valence-corrected chi connectivity index (χ2v) is 2.81. The van der Waals surface area contributed by atoms with Crippen LogP contribution in [0.1, 0.15) is 18.9 Å². The molecular weight excluding hydrogens is 178 g/mol. The molecule has 1 rings (SSSR count). The highest BCUT2D eigenvalue weighted by Crippen LogP contribution is 2.14. The third kappa shape index (κ3) is 3.09. The molecule has 3 heteroatoms. The van der Waals surface area contributed by atoms with Crippen LogP contribution in [0.5, 0.6) is 5.75 Å². The van der Waals surface area contributed by atoms with Crippen LogP contribution in [0.15, 0.2) is 29.4 Å². The second-order valence-electron chi connectivity index (χ2n) is 2.81. The zero-order chi connectivity index (χ0) is 10.2. The molecule has 0 aliphatic carbocycles. The van der Waals surface area contributed by atoms with Gasteiger partial charge in [-0.25, -0.2) is 0 Å². The molecule has 0 aliphatic heterocycles. The van der Waals surface area contributed by atoms with Crippen LogP contribution in [-0.2, 0) is 4.84 Å². The molecule has 1 aromatic carbocycles. The topological polar surface area (TPSA) is 30.8 Å². The van der Waals surface area contributed by atoms with E-state index in [4.69, 9.17) is 9.57 Å². The van der Waals surface area contributed by atoms with Crippen LogP contribution in [0.3, 0.4) is 0 Å². The second kappa shape index (κ2) is 6.02. The van der Waals surface area contributed by atoms with Gasteiger partial charge in [-0.15, -0.1) is 0 Å². The average molecular weight is 193 g/mol. The minimum atomic E-state index is 0.644. The summed E-state index contributed by atoms with van der Waals surface area (Å²) in [6.07, 6.45) is 2.62. The number of para-hydroxylation sites is 1. The summed E-state index contributed by atoms with van der Waals surface area (Å²) in [6, 6.07) is 7.67. The number of rotatable bonds is 5. The molecule has 0 heterocycles. The largest absolute Gasteiger partial charge is 0.496 e. The van der Waals surface area contributed by atoms with Crippen LogP contribution in [0.25, 0.3) is 0 Å². The minimum absolute atomic E-state index is 0.644. The third-order valence-electron chi connectivity index (χ3n) is 1.70. The first-order valence-corrected chi connectivity index (χ1v) is 4.66. The van der Waals surface area contributed by atoms with Crippen LogP contribution in [0.4, 0.5) is 0 Å². The molecule has 0 saturated carbocycles. The van der Waals surface area contributed by atoms with E-state index >= 15 is 0 Å². The third-order valence-corrected chi connectivity index (χ3v) is 1.70. The first-order chi connectivity index (χ1) is 6.88. The quantitative estimate of drug-likeness (QED) is 0.408. The van der Waals surface area contributed by atoms with Crippen molar-refractivity contribution in [3.63, 3.8) is 0 Å². The Morgan fingerprint density at radius 2 is 2.14 bits per heavy atom.